The van der Waals surface area contributed by atoms with Gasteiger partial charge in [0.2, 0.25) is 5.76 Å². The third kappa shape index (κ3) is 3.46. The Morgan fingerprint density at radius 2 is 2.13 bits per heavy atom. The van der Waals surface area contributed by atoms with Crippen LogP contribution in [-0.2, 0) is 11.3 Å². The number of furan rings is 1. The first-order valence-electron chi connectivity index (χ1n) is 6.02. The molecule has 23 heavy (non-hydrogen) atoms. The van der Waals surface area contributed by atoms with Crippen molar-refractivity contribution in [3.8, 4) is 10.8 Å². The summed E-state index contributed by atoms with van der Waals surface area (Å²) < 4.78 is 15.9. The second-order valence-electron chi connectivity index (χ2n) is 4.08. The van der Waals surface area contributed by atoms with Crippen molar-refractivity contribution in [2.75, 3.05) is 0 Å². The average molecular weight is 400 g/mol. The number of halogens is 1. The van der Waals surface area contributed by atoms with Gasteiger partial charge in [-0.25, -0.2) is 4.79 Å². The lowest BCUT2D eigenvalue weighted by Gasteiger charge is -1.97. The molecule has 0 fully saturated rings. The molecule has 3 aromatic heterocycles. The van der Waals surface area contributed by atoms with Crippen LogP contribution >= 0.6 is 27.3 Å². The fourth-order valence-electron chi connectivity index (χ4n) is 1.57. The van der Waals surface area contributed by atoms with Crippen LogP contribution in [0.5, 0.6) is 0 Å². The van der Waals surface area contributed by atoms with Gasteiger partial charge in [-0.05, 0) is 34.1 Å². The van der Waals surface area contributed by atoms with E-state index in [-0.39, 0.29) is 18.3 Å². The lowest BCUT2D eigenvalue weighted by molar-refractivity contribution is -0.402. The van der Waals surface area contributed by atoms with Gasteiger partial charge >= 0.3 is 11.9 Å². The third-order valence-corrected chi connectivity index (χ3v) is 4.16. The Kier molecular flexibility index (Phi) is 4.21. The summed E-state index contributed by atoms with van der Waals surface area (Å²) in [6.45, 7) is -0.271. The molecule has 0 radical (unpaired) electrons. The molecule has 9 nitrogen and oxygen atoms in total. The van der Waals surface area contributed by atoms with E-state index in [1.54, 1.807) is 6.07 Å². The highest BCUT2D eigenvalue weighted by molar-refractivity contribution is 9.11. The number of aromatic nitrogens is 2. The van der Waals surface area contributed by atoms with Gasteiger partial charge in [0, 0.05) is 0 Å². The van der Waals surface area contributed by atoms with Crippen LogP contribution in [0.1, 0.15) is 16.4 Å². The second-order valence-corrected chi connectivity index (χ2v) is 6.54. The SMILES string of the molecule is O=C(OCc1nnc(-c2ccc(Br)s2)o1)c1ccc([N+](=O)[O-])o1. The number of rotatable bonds is 5. The highest BCUT2D eigenvalue weighted by Crippen LogP contribution is 2.30. The Balaban J connectivity index is 1.63. The molecular formula is C12H6BrN3O6S. The Hall–Kier alpha value is -2.53. The van der Waals surface area contributed by atoms with Crippen LogP contribution in [0.2, 0.25) is 0 Å². The van der Waals surface area contributed by atoms with E-state index in [1.807, 2.05) is 6.07 Å². The molecule has 3 rings (SSSR count). The van der Waals surface area contributed by atoms with Gasteiger partial charge < -0.3 is 13.6 Å². The first-order valence-corrected chi connectivity index (χ1v) is 7.63. The summed E-state index contributed by atoms with van der Waals surface area (Å²) in [5, 5.41) is 18.1. The topological polar surface area (TPSA) is 122 Å². The number of nitrogens with zero attached hydrogens (tertiary/aromatic N) is 3. The molecule has 0 aliphatic carbocycles. The molecule has 118 valence electrons. The van der Waals surface area contributed by atoms with E-state index in [4.69, 9.17) is 13.6 Å². The lowest BCUT2D eigenvalue weighted by atomic mass is 10.4. The van der Waals surface area contributed by atoms with Gasteiger partial charge in [0.1, 0.15) is 4.92 Å². The molecule has 0 saturated carbocycles. The van der Waals surface area contributed by atoms with Gasteiger partial charge in [-0.3, -0.25) is 10.1 Å². The molecule has 0 bridgehead atoms. The molecule has 0 aliphatic heterocycles. The predicted molar refractivity (Wildman–Crippen MR) is 79.8 cm³/mol. The summed E-state index contributed by atoms with van der Waals surface area (Å²) >= 11 is 4.74. The molecule has 0 saturated heterocycles. The Bertz CT molecular complexity index is 870. The van der Waals surface area contributed by atoms with E-state index in [2.05, 4.69) is 26.1 Å². The first kappa shape index (κ1) is 15.4. The van der Waals surface area contributed by atoms with Crippen LogP contribution in [0.4, 0.5) is 5.88 Å². The van der Waals surface area contributed by atoms with E-state index < -0.39 is 16.8 Å². The highest BCUT2D eigenvalue weighted by atomic mass is 79.9. The van der Waals surface area contributed by atoms with E-state index in [1.165, 1.54) is 11.3 Å². The maximum atomic E-state index is 11.7. The summed E-state index contributed by atoms with van der Waals surface area (Å²) in [5.41, 5.74) is 0. The van der Waals surface area contributed by atoms with Gasteiger partial charge in [0.25, 0.3) is 11.8 Å². The standard InChI is InChI=1S/C12H6BrN3O6S/c13-8-3-2-7(23-8)11-15-14-9(22-11)5-20-12(17)6-1-4-10(21-6)16(18)19/h1-4H,5H2. The molecule has 0 atom stereocenters. The molecule has 0 spiro atoms. The summed E-state index contributed by atoms with van der Waals surface area (Å²) in [5.74, 6) is -1.28. The van der Waals surface area contributed by atoms with Gasteiger partial charge in [-0.2, -0.15) is 0 Å². The molecule has 0 amide bonds. The van der Waals surface area contributed by atoms with E-state index in [9.17, 15) is 14.9 Å². The minimum atomic E-state index is -0.864. The molecule has 0 aromatic carbocycles. The largest absolute Gasteiger partial charge is 0.450 e. The van der Waals surface area contributed by atoms with Crippen molar-refractivity contribution in [2.45, 2.75) is 6.61 Å². The number of carbonyl (C=O) groups excluding carboxylic acids is 1. The average Bonchev–Trinajstić information content (AvgIpc) is 3.24. The van der Waals surface area contributed by atoms with Crippen LogP contribution in [0.25, 0.3) is 10.8 Å². The van der Waals surface area contributed by atoms with Crippen LogP contribution in [-0.4, -0.2) is 21.1 Å². The number of hydrogen-bond donors (Lipinski definition) is 0. The minimum absolute atomic E-state index is 0.0962. The monoisotopic (exact) mass is 399 g/mol. The Morgan fingerprint density at radius 1 is 1.30 bits per heavy atom. The number of esters is 1. The molecule has 0 aliphatic rings. The number of carbonyl (C=O) groups is 1. The highest BCUT2D eigenvalue weighted by Gasteiger charge is 2.19. The van der Waals surface area contributed by atoms with Crippen molar-refractivity contribution in [2.24, 2.45) is 0 Å². The van der Waals surface area contributed by atoms with Crippen molar-refractivity contribution >= 4 is 39.1 Å². The molecule has 0 unspecified atom stereocenters. The smallest absolute Gasteiger partial charge is 0.433 e. The summed E-state index contributed by atoms with van der Waals surface area (Å²) in [7, 11) is 0. The van der Waals surface area contributed by atoms with Crippen molar-refractivity contribution < 1.29 is 23.3 Å². The summed E-state index contributed by atoms with van der Waals surface area (Å²) in [6, 6.07) is 5.87. The van der Waals surface area contributed by atoms with Crippen molar-refractivity contribution in [3.63, 3.8) is 0 Å². The van der Waals surface area contributed by atoms with Gasteiger partial charge in [-0.1, -0.05) is 0 Å². The van der Waals surface area contributed by atoms with Crippen LogP contribution < -0.4 is 0 Å². The number of thiophene rings is 1. The second kappa shape index (κ2) is 6.30. The minimum Gasteiger partial charge on any atom is -0.450 e. The Labute approximate surface area is 140 Å². The third-order valence-electron chi connectivity index (χ3n) is 2.55. The maximum absolute atomic E-state index is 11.7. The maximum Gasteiger partial charge on any atom is 0.433 e. The first-order chi connectivity index (χ1) is 11.0. The fraction of sp³-hybridized carbons (Fsp3) is 0.0833. The molecule has 3 aromatic rings. The number of nitro groups is 1. The predicted octanol–water partition coefficient (Wildman–Crippen LogP) is 3.42. The van der Waals surface area contributed by atoms with Crippen LogP contribution in [0, 0.1) is 10.1 Å². The fourth-order valence-corrected chi connectivity index (χ4v) is 2.88. The normalized spacial score (nSPS) is 10.7. The Morgan fingerprint density at radius 3 is 2.78 bits per heavy atom. The van der Waals surface area contributed by atoms with Gasteiger partial charge in [0.15, 0.2) is 6.61 Å². The number of hydrogen-bond acceptors (Lipinski definition) is 9. The van der Waals surface area contributed by atoms with Crippen LogP contribution in [0.15, 0.2) is 36.9 Å². The molecular weight excluding hydrogens is 394 g/mol. The molecule has 3 heterocycles. The summed E-state index contributed by atoms with van der Waals surface area (Å²) in [6.07, 6.45) is 0. The van der Waals surface area contributed by atoms with Crippen molar-refractivity contribution in [1.29, 1.82) is 0 Å². The van der Waals surface area contributed by atoms with Gasteiger partial charge in [-0.15, -0.1) is 21.5 Å². The van der Waals surface area contributed by atoms with Gasteiger partial charge in [0.05, 0.1) is 14.7 Å². The number of ether oxygens (including phenoxy) is 1. The van der Waals surface area contributed by atoms with Crippen molar-refractivity contribution in [1.82, 2.24) is 10.2 Å². The summed E-state index contributed by atoms with van der Waals surface area (Å²) in [4.78, 5) is 22.2. The van der Waals surface area contributed by atoms with E-state index in [0.717, 1.165) is 20.8 Å². The zero-order chi connectivity index (χ0) is 16.4. The van der Waals surface area contributed by atoms with Crippen LogP contribution in [0.3, 0.4) is 0 Å². The zero-order valence-electron chi connectivity index (χ0n) is 11.1. The quantitative estimate of drug-likeness (QED) is 0.363. The van der Waals surface area contributed by atoms with E-state index >= 15 is 0 Å². The molecule has 11 heteroatoms. The van der Waals surface area contributed by atoms with E-state index in [0.29, 0.717) is 5.89 Å². The molecule has 0 N–H and O–H groups in total. The van der Waals surface area contributed by atoms with Crippen molar-refractivity contribution in [3.05, 3.63) is 49.8 Å². The lowest BCUT2D eigenvalue weighted by Crippen LogP contribution is -2.04. The zero-order valence-corrected chi connectivity index (χ0v) is 13.5.